The molecule has 0 amide bonds. The second kappa shape index (κ2) is 8.45. The number of carbonyl (C=O) groups is 1. The number of carboxylic acids is 1. The maximum atomic E-state index is 10.5. The molecule has 164 valence electrons. The Morgan fingerprint density at radius 3 is 2.22 bits per heavy atom. The molecule has 0 saturated heterocycles. The second-order valence-corrected chi connectivity index (χ2v) is 7.51. The molecule has 2 aromatic carbocycles. The quantitative estimate of drug-likeness (QED) is 0.450. The zero-order chi connectivity index (χ0) is 22.9. The van der Waals surface area contributed by atoms with Crippen LogP contribution in [0.5, 0.6) is 0 Å². The van der Waals surface area contributed by atoms with Crippen LogP contribution in [-0.4, -0.2) is 21.8 Å². The third-order valence-electron chi connectivity index (χ3n) is 5.33. The number of para-hydroxylation sites is 1. The van der Waals surface area contributed by atoms with E-state index in [-0.39, 0.29) is 0 Å². The number of hydrogen-bond acceptors (Lipinski definition) is 3. The van der Waals surface area contributed by atoms with E-state index >= 15 is 0 Å². The average molecular weight is 439 g/mol. The summed E-state index contributed by atoms with van der Waals surface area (Å²) >= 11 is 0. The fraction of sp³-hybridized carbons (Fsp3) is 0.208. The highest BCUT2D eigenvalue weighted by Gasteiger charge is 2.31. The number of aliphatic carboxylic acids is 1. The van der Waals surface area contributed by atoms with Crippen LogP contribution in [0.2, 0.25) is 0 Å². The Kier molecular flexibility index (Phi) is 5.69. The number of hydrogen-bond donors (Lipinski definition) is 0. The normalized spacial score (nSPS) is 12.9. The number of benzene rings is 2. The van der Waals surface area contributed by atoms with Crippen LogP contribution in [0.4, 0.5) is 13.2 Å². The molecule has 2 heterocycles. The number of halogens is 3. The van der Waals surface area contributed by atoms with Crippen molar-refractivity contribution in [3.63, 3.8) is 0 Å². The first-order valence-corrected chi connectivity index (χ1v) is 10.1. The van der Waals surface area contributed by atoms with Crippen LogP contribution in [0.25, 0.3) is 22.6 Å². The fourth-order valence-corrected chi connectivity index (χ4v) is 3.95. The Morgan fingerprint density at radius 1 is 1.03 bits per heavy atom. The summed E-state index contributed by atoms with van der Waals surface area (Å²) in [5, 5.41) is 13.7. The van der Waals surface area contributed by atoms with E-state index in [2.05, 4.69) is 82.7 Å². The molecule has 5 nitrogen and oxygen atoms in total. The lowest BCUT2D eigenvalue weighted by Crippen LogP contribution is -2.37. The minimum atomic E-state index is -5.19. The summed E-state index contributed by atoms with van der Waals surface area (Å²) in [4.78, 5) is 8.78. The van der Waals surface area contributed by atoms with E-state index in [1.165, 1.54) is 46.0 Å². The molecule has 32 heavy (non-hydrogen) atoms. The van der Waals surface area contributed by atoms with E-state index < -0.39 is 12.1 Å². The van der Waals surface area contributed by atoms with Crippen LogP contribution in [0, 0.1) is 6.92 Å². The molecule has 0 saturated carbocycles. The molecule has 0 radical (unpaired) electrons. The average Bonchev–Trinajstić information content (AvgIpc) is 3.37. The van der Waals surface area contributed by atoms with Gasteiger partial charge in [-0.3, -0.25) is 0 Å². The van der Waals surface area contributed by atoms with Crippen molar-refractivity contribution >= 4 is 11.6 Å². The second-order valence-electron chi connectivity index (χ2n) is 7.51. The molecule has 0 aliphatic heterocycles. The largest absolute Gasteiger partial charge is 0.542 e. The fourth-order valence-electron chi connectivity index (χ4n) is 3.95. The van der Waals surface area contributed by atoms with Crippen LogP contribution < -0.4 is 9.67 Å². The van der Waals surface area contributed by atoms with Crippen molar-refractivity contribution in [3.8, 4) is 16.9 Å². The number of alkyl halides is 3. The summed E-state index contributed by atoms with van der Waals surface area (Å²) in [6.45, 7) is 2.15. The molecule has 0 spiro atoms. The number of carbonyl (C=O) groups excluding carboxylic acids is 1. The summed E-state index contributed by atoms with van der Waals surface area (Å²) in [5.74, 6) is -3.01. The highest BCUT2D eigenvalue weighted by atomic mass is 19.4. The van der Waals surface area contributed by atoms with Gasteiger partial charge in [-0.15, -0.1) is 4.52 Å². The van der Waals surface area contributed by atoms with Gasteiger partial charge in [0.2, 0.25) is 0 Å². The van der Waals surface area contributed by atoms with Gasteiger partial charge < -0.3 is 9.90 Å². The molecule has 0 N–H and O–H groups in total. The smallest absolute Gasteiger partial charge is 0.430 e. The Hall–Kier alpha value is -3.68. The van der Waals surface area contributed by atoms with Gasteiger partial charge in [-0.1, -0.05) is 53.6 Å². The minimum absolute atomic E-state index is 1.09. The minimum Gasteiger partial charge on any atom is -0.542 e. The first-order chi connectivity index (χ1) is 15.3. The zero-order valence-electron chi connectivity index (χ0n) is 17.3. The van der Waals surface area contributed by atoms with Crippen LogP contribution in [-0.2, 0) is 17.6 Å². The predicted octanol–water partition coefficient (Wildman–Crippen LogP) is 3.37. The SMILES string of the molecule is Cc1cc(-c2ccccc2)[n+](-c2ccccc2)c2c3c(nn12)CCC3.O=C([O-])C(F)(F)F. The number of aryl methyl sites for hydroxylation is 3. The van der Waals surface area contributed by atoms with Gasteiger partial charge in [0.05, 0.1) is 11.3 Å². The summed E-state index contributed by atoms with van der Waals surface area (Å²) < 4.78 is 36.1. The van der Waals surface area contributed by atoms with Gasteiger partial charge in [-0.25, -0.2) is 0 Å². The van der Waals surface area contributed by atoms with Crippen LogP contribution in [0.15, 0.2) is 66.7 Å². The Bertz CT molecular complexity index is 1270. The van der Waals surface area contributed by atoms with E-state index in [0.717, 1.165) is 12.8 Å². The van der Waals surface area contributed by atoms with Gasteiger partial charge in [-0.2, -0.15) is 17.7 Å². The van der Waals surface area contributed by atoms with Crippen LogP contribution in [0.3, 0.4) is 0 Å². The monoisotopic (exact) mass is 439 g/mol. The van der Waals surface area contributed by atoms with E-state index in [9.17, 15) is 13.2 Å². The van der Waals surface area contributed by atoms with E-state index in [1.54, 1.807) is 0 Å². The lowest BCUT2D eigenvalue weighted by atomic mass is 10.1. The van der Waals surface area contributed by atoms with Crippen LogP contribution in [0.1, 0.15) is 23.4 Å². The summed E-state index contributed by atoms with van der Waals surface area (Å²) in [5.41, 5.74) is 8.69. The molecule has 2 aromatic heterocycles. The van der Waals surface area contributed by atoms with Gasteiger partial charge in [-0.05, 0) is 31.4 Å². The summed E-state index contributed by atoms with van der Waals surface area (Å²) in [7, 11) is 0. The predicted molar refractivity (Wildman–Crippen MR) is 110 cm³/mol. The van der Waals surface area contributed by atoms with Crippen molar-refractivity contribution in [2.24, 2.45) is 0 Å². The Labute approximate surface area is 182 Å². The lowest BCUT2D eigenvalue weighted by Gasteiger charge is -2.10. The van der Waals surface area contributed by atoms with Crippen molar-refractivity contribution in [2.45, 2.75) is 32.4 Å². The van der Waals surface area contributed by atoms with Crippen molar-refractivity contribution in [3.05, 3.63) is 83.7 Å². The molecule has 5 rings (SSSR count). The number of aromatic nitrogens is 3. The highest BCUT2D eigenvalue weighted by Crippen LogP contribution is 2.28. The number of carboxylic acid groups (broad SMARTS) is 1. The molecule has 0 atom stereocenters. The molecule has 0 fully saturated rings. The molecular formula is C24H20F3N3O2. The number of nitrogens with zero attached hydrogens (tertiary/aromatic N) is 3. The highest BCUT2D eigenvalue weighted by molar-refractivity contribution is 5.70. The van der Waals surface area contributed by atoms with Crippen molar-refractivity contribution in [2.75, 3.05) is 0 Å². The van der Waals surface area contributed by atoms with Crippen molar-refractivity contribution < 1.29 is 27.6 Å². The molecule has 1 aliphatic carbocycles. The topological polar surface area (TPSA) is 61.3 Å². The van der Waals surface area contributed by atoms with Gasteiger partial charge in [0.15, 0.2) is 0 Å². The molecule has 8 heteroatoms. The summed E-state index contributed by atoms with van der Waals surface area (Å²) in [6, 6.07) is 23.5. The zero-order valence-corrected chi connectivity index (χ0v) is 17.3. The van der Waals surface area contributed by atoms with Gasteiger partial charge in [0.25, 0.3) is 0 Å². The molecule has 0 unspecified atom stereocenters. The lowest BCUT2D eigenvalue weighted by molar-refractivity contribution is -0.559. The van der Waals surface area contributed by atoms with E-state index in [1.807, 2.05) is 0 Å². The first kappa shape index (κ1) is 21.5. The maximum absolute atomic E-state index is 10.5. The Balaban J connectivity index is 0.000000307. The third-order valence-corrected chi connectivity index (χ3v) is 5.33. The van der Waals surface area contributed by atoms with E-state index in [0.29, 0.717) is 0 Å². The number of rotatable bonds is 2. The van der Waals surface area contributed by atoms with Crippen molar-refractivity contribution in [1.29, 1.82) is 0 Å². The van der Waals surface area contributed by atoms with Gasteiger partial charge >= 0.3 is 11.8 Å². The third kappa shape index (κ3) is 4.08. The molecular weight excluding hydrogens is 419 g/mol. The van der Waals surface area contributed by atoms with E-state index in [4.69, 9.17) is 15.0 Å². The number of fused-ring (bicyclic) bond motifs is 3. The standard InChI is InChI=1S/C22H20N3.C2HF3O2/c1-16-15-21(17-9-4-2-5-10-17)24(18-11-6-3-7-12-18)22-19-13-8-14-20(19)23-25(16)22;3-2(4,5)1(6)7/h2-7,9-12,15H,8,13-14H2,1H3;(H,6,7)/q+1;/p-1. The Morgan fingerprint density at radius 2 is 1.62 bits per heavy atom. The molecule has 0 bridgehead atoms. The van der Waals surface area contributed by atoms with Gasteiger partial charge in [0.1, 0.15) is 23.0 Å². The van der Waals surface area contributed by atoms with Gasteiger partial charge in [0, 0.05) is 18.6 Å². The first-order valence-electron chi connectivity index (χ1n) is 10.1. The maximum Gasteiger partial charge on any atom is 0.430 e. The molecule has 4 aromatic rings. The molecule has 1 aliphatic rings. The van der Waals surface area contributed by atoms with Crippen molar-refractivity contribution in [1.82, 2.24) is 9.61 Å². The van der Waals surface area contributed by atoms with Crippen LogP contribution >= 0.6 is 0 Å². The summed E-state index contributed by atoms with van der Waals surface area (Å²) in [6.07, 6.45) is -1.78.